The second kappa shape index (κ2) is 10.6. The number of hydrogen-bond donors (Lipinski definition) is 2. The molecule has 0 aliphatic rings. The zero-order valence-electron chi connectivity index (χ0n) is 18.0. The van der Waals surface area contributed by atoms with Gasteiger partial charge in [-0.3, -0.25) is 9.59 Å². The monoisotopic (exact) mass is 494 g/mol. The number of sulfonamides is 1. The molecule has 0 spiro atoms. The number of furan rings is 1. The third-order valence-electron chi connectivity index (χ3n) is 5.18. The molecule has 1 amide bonds. The predicted molar refractivity (Wildman–Crippen MR) is 130 cm³/mol. The topological polar surface area (TPSA) is 105 Å². The highest BCUT2D eigenvalue weighted by atomic mass is 32.2. The molecule has 174 valence electrons. The van der Waals surface area contributed by atoms with Crippen molar-refractivity contribution in [2.45, 2.75) is 16.7 Å². The first-order valence-electron chi connectivity index (χ1n) is 10.5. The summed E-state index contributed by atoms with van der Waals surface area (Å²) < 4.78 is 34.4. The van der Waals surface area contributed by atoms with Crippen molar-refractivity contribution < 1.29 is 22.4 Å². The normalized spacial score (nSPS) is 13.2. The molecule has 0 aliphatic heterocycles. The lowest BCUT2D eigenvalue weighted by molar-refractivity contribution is -0.138. The minimum absolute atomic E-state index is 0.101. The lowest BCUT2D eigenvalue weighted by Gasteiger charge is -2.25. The van der Waals surface area contributed by atoms with Crippen LogP contribution in [0.4, 0.5) is 5.69 Å². The van der Waals surface area contributed by atoms with Crippen molar-refractivity contribution in [2.75, 3.05) is 5.32 Å². The Kier molecular flexibility index (Phi) is 7.36. The number of para-hydroxylation sites is 1. The van der Waals surface area contributed by atoms with E-state index in [4.69, 9.17) is 4.42 Å². The lowest BCUT2D eigenvalue weighted by Crippen LogP contribution is -2.41. The zero-order valence-corrected chi connectivity index (χ0v) is 19.6. The summed E-state index contributed by atoms with van der Waals surface area (Å²) in [5.41, 5.74) is 1.24. The highest BCUT2D eigenvalue weighted by molar-refractivity contribution is 7.91. The first-order valence-corrected chi connectivity index (χ1v) is 12.8. The Bertz CT molecular complexity index is 1320. The van der Waals surface area contributed by atoms with Crippen molar-refractivity contribution in [3.05, 3.63) is 108 Å². The van der Waals surface area contributed by atoms with Crippen LogP contribution < -0.4 is 10.0 Å². The highest BCUT2D eigenvalue weighted by Crippen LogP contribution is 2.30. The average molecular weight is 495 g/mol. The maximum atomic E-state index is 13.5. The van der Waals surface area contributed by atoms with Crippen LogP contribution in [0.2, 0.25) is 0 Å². The van der Waals surface area contributed by atoms with Gasteiger partial charge >= 0.3 is 0 Å². The smallest absolute Gasteiger partial charge is 0.292 e. The zero-order chi connectivity index (χ0) is 24.0. The Labute approximate surface area is 201 Å². The Morgan fingerprint density at radius 3 is 2.21 bits per heavy atom. The first kappa shape index (κ1) is 23.6. The standard InChI is InChI=1S/C25H22N2O5S2/c28-24(25(29)26-19-11-5-2-6-12-19)20(17-18-9-3-1-4-10-18)23(21-13-7-15-32-21)27-34(30,31)22-14-8-16-33-22/h1-16,20,23,27H,17H2,(H,26,29)/t20-,23-/m1/s1. The van der Waals surface area contributed by atoms with Gasteiger partial charge in [-0.05, 0) is 47.7 Å². The fourth-order valence-corrected chi connectivity index (χ4v) is 5.82. The minimum atomic E-state index is -3.97. The van der Waals surface area contributed by atoms with Crippen LogP contribution in [0.5, 0.6) is 0 Å². The van der Waals surface area contributed by atoms with E-state index >= 15 is 0 Å². The molecule has 7 nitrogen and oxygen atoms in total. The number of amides is 1. The molecular formula is C25H22N2O5S2. The van der Waals surface area contributed by atoms with Crippen molar-refractivity contribution in [1.82, 2.24) is 4.72 Å². The van der Waals surface area contributed by atoms with Crippen molar-refractivity contribution in [3.8, 4) is 0 Å². The van der Waals surface area contributed by atoms with Gasteiger partial charge in [-0.1, -0.05) is 54.6 Å². The van der Waals surface area contributed by atoms with E-state index in [1.165, 1.54) is 12.3 Å². The van der Waals surface area contributed by atoms with Crippen LogP contribution in [0.15, 0.2) is 105 Å². The summed E-state index contributed by atoms with van der Waals surface area (Å²) in [5, 5.41) is 4.25. The van der Waals surface area contributed by atoms with Crippen LogP contribution >= 0.6 is 11.3 Å². The van der Waals surface area contributed by atoms with Gasteiger partial charge in [-0.15, -0.1) is 11.3 Å². The molecule has 0 unspecified atom stereocenters. The van der Waals surface area contributed by atoms with Gasteiger partial charge < -0.3 is 9.73 Å². The number of thiophene rings is 1. The number of nitrogens with one attached hydrogen (secondary N) is 2. The molecule has 34 heavy (non-hydrogen) atoms. The van der Waals surface area contributed by atoms with Crippen molar-refractivity contribution in [2.24, 2.45) is 5.92 Å². The molecule has 2 heterocycles. The van der Waals surface area contributed by atoms with Gasteiger partial charge in [0.1, 0.15) is 9.97 Å². The van der Waals surface area contributed by atoms with Crippen molar-refractivity contribution in [1.29, 1.82) is 0 Å². The molecule has 0 bridgehead atoms. The Morgan fingerprint density at radius 1 is 0.882 bits per heavy atom. The van der Waals surface area contributed by atoms with Gasteiger partial charge in [0, 0.05) is 5.69 Å². The van der Waals surface area contributed by atoms with Gasteiger partial charge in [-0.2, -0.15) is 4.72 Å². The Hall–Kier alpha value is -3.53. The Morgan fingerprint density at radius 2 is 1.59 bits per heavy atom. The molecule has 2 N–H and O–H groups in total. The van der Waals surface area contributed by atoms with Crippen LogP contribution in [-0.2, 0) is 26.0 Å². The lowest BCUT2D eigenvalue weighted by atomic mass is 9.87. The summed E-state index contributed by atoms with van der Waals surface area (Å²) in [6.45, 7) is 0. The van der Waals surface area contributed by atoms with E-state index < -0.39 is 33.7 Å². The summed E-state index contributed by atoms with van der Waals surface area (Å²) in [5.74, 6) is -2.42. The summed E-state index contributed by atoms with van der Waals surface area (Å²) in [6.07, 6.45) is 1.52. The Balaban J connectivity index is 1.70. The number of Topliss-reactive ketones (excluding diaryl/α,β-unsaturated/α-hetero) is 1. The van der Waals surface area contributed by atoms with Gasteiger partial charge in [0.25, 0.3) is 15.9 Å². The minimum Gasteiger partial charge on any atom is -0.468 e. The molecule has 0 radical (unpaired) electrons. The number of ketones is 1. The number of hydrogen-bond acceptors (Lipinski definition) is 6. The van der Waals surface area contributed by atoms with Crippen molar-refractivity contribution in [3.63, 3.8) is 0 Å². The molecule has 2 aromatic heterocycles. The van der Waals surface area contributed by atoms with E-state index in [1.807, 2.05) is 30.3 Å². The van der Waals surface area contributed by atoms with Crippen LogP contribution in [0, 0.1) is 5.92 Å². The number of carbonyl (C=O) groups excluding carboxylic acids is 2. The largest absolute Gasteiger partial charge is 0.468 e. The maximum Gasteiger partial charge on any atom is 0.292 e. The van der Waals surface area contributed by atoms with Gasteiger partial charge in [0.05, 0.1) is 18.2 Å². The van der Waals surface area contributed by atoms with Crippen LogP contribution in [0.25, 0.3) is 0 Å². The highest BCUT2D eigenvalue weighted by Gasteiger charge is 2.38. The summed E-state index contributed by atoms with van der Waals surface area (Å²) in [4.78, 5) is 26.4. The summed E-state index contributed by atoms with van der Waals surface area (Å²) in [7, 11) is -3.97. The van der Waals surface area contributed by atoms with Crippen LogP contribution in [0.1, 0.15) is 17.4 Å². The van der Waals surface area contributed by atoms with E-state index in [2.05, 4.69) is 10.0 Å². The summed E-state index contributed by atoms with van der Waals surface area (Å²) in [6, 6.07) is 22.9. The second-order valence-corrected chi connectivity index (χ2v) is 10.4. The molecular weight excluding hydrogens is 472 g/mol. The first-order chi connectivity index (χ1) is 16.4. The fourth-order valence-electron chi connectivity index (χ4n) is 3.56. The quantitative estimate of drug-likeness (QED) is 0.317. The van der Waals surface area contributed by atoms with Crippen LogP contribution in [-0.4, -0.2) is 20.1 Å². The average Bonchev–Trinajstić information content (AvgIpc) is 3.57. The van der Waals surface area contributed by atoms with E-state index in [1.54, 1.807) is 53.9 Å². The number of rotatable bonds is 10. The third kappa shape index (κ3) is 5.69. The number of carbonyl (C=O) groups is 2. The molecule has 0 aliphatic carbocycles. The number of benzene rings is 2. The molecule has 9 heteroatoms. The number of anilines is 1. The second-order valence-electron chi connectivity index (χ2n) is 7.53. The predicted octanol–water partition coefficient (Wildman–Crippen LogP) is 4.43. The van der Waals surface area contributed by atoms with Gasteiger partial charge in [0.15, 0.2) is 0 Å². The molecule has 0 saturated heterocycles. The van der Waals surface area contributed by atoms with Crippen molar-refractivity contribution >= 4 is 38.7 Å². The molecule has 4 aromatic rings. The van der Waals surface area contributed by atoms with Gasteiger partial charge in [-0.25, -0.2) is 8.42 Å². The van der Waals surface area contributed by atoms with Gasteiger partial charge in [0.2, 0.25) is 5.78 Å². The van der Waals surface area contributed by atoms with E-state index in [-0.39, 0.29) is 16.4 Å². The maximum absolute atomic E-state index is 13.5. The molecule has 2 atom stereocenters. The summed E-state index contributed by atoms with van der Waals surface area (Å²) >= 11 is 1.06. The molecule has 4 rings (SSSR count). The molecule has 0 saturated carbocycles. The molecule has 2 aromatic carbocycles. The SMILES string of the molecule is O=C(Nc1ccccc1)C(=O)[C@H](Cc1ccccc1)[C@@H](NS(=O)(=O)c1cccs1)c1ccco1. The fraction of sp³-hybridized carbons (Fsp3) is 0.120. The van der Waals surface area contributed by atoms with E-state index in [0.29, 0.717) is 5.69 Å². The van der Waals surface area contributed by atoms with Crippen LogP contribution in [0.3, 0.4) is 0 Å². The third-order valence-corrected chi connectivity index (χ3v) is 8.02. The van der Waals surface area contributed by atoms with E-state index in [0.717, 1.165) is 16.9 Å². The molecule has 0 fully saturated rings. The van der Waals surface area contributed by atoms with E-state index in [9.17, 15) is 18.0 Å².